The molecule has 26 heavy (non-hydrogen) atoms. The molecule has 0 aromatic heterocycles. The van der Waals surface area contributed by atoms with E-state index in [9.17, 15) is 13.2 Å². The third kappa shape index (κ3) is 4.45. The highest BCUT2D eigenvalue weighted by atomic mass is 32.2. The maximum absolute atomic E-state index is 12.8. The Morgan fingerprint density at radius 2 is 1.73 bits per heavy atom. The van der Waals surface area contributed by atoms with E-state index in [0.717, 1.165) is 18.6 Å². The molecule has 0 unspecified atom stereocenters. The highest BCUT2D eigenvalue weighted by Gasteiger charge is 2.29. The predicted octanol–water partition coefficient (Wildman–Crippen LogP) is 2.46. The lowest BCUT2D eigenvalue weighted by molar-refractivity contribution is -0.117. The van der Waals surface area contributed by atoms with Crippen LogP contribution in [-0.4, -0.2) is 43.9 Å². The van der Waals surface area contributed by atoms with Crippen LogP contribution >= 0.6 is 0 Å². The van der Waals surface area contributed by atoms with Crippen LogP contribution in [0.5, 0.6) is 5.75 Å². The van der Waals surface area contributed by atoms with Crippen molar-refractivity contribution in [2.45, 2.75) is 55.6 Å². The molecule has 0 radical (unpaired) electrons. The molecule has 0 spiro atoms. The van der Waals surface area contributed by atoms with Crippen molar-refractivity contribution in [2.24, 2.45) is 0 Å². The first kappa shape index (κ1) is 18.9. The number of benzene rings is 1. The highest BCUT2D eigenvalue weighted by molar-refractivity contribution is 7.89. The molecule has 1 aliphatic heterocycles. The van der Waals surface area contributed by atoms with Gasteiger partial charge in [0.1, 0.15) is 5.75 Å². The van der Waals surface area contributed by atoms with E-state index in [2.05, 4.69) is 11.9 Å². The molecule has 2 fully saturated rings. The lowest BCUT2D eigenvalue weighted by Crippen LogP contribution is -2.46. The standard InChI is InChI=1S/C19H26N2O4S/c1-2-19(22)20-15-11-13-21(14-12-15)26(23,24)18-9-7-17(8-10-18)25-16-5-3-4-6-16/h2,7-10,15-16H,1,3-6,11-14H2,(H,20,22). The van der Waals surface area contributed by atoms with Crippen molar-refractivity contribution in [3.05, 3.63) is 36.9 Å². The molecular weight excluding hydrogens is 352 g/mol. The van der Waals surface area contributed by atoms with Gasteiger partial charge in [-0.2, -0.15) is 4.31 Å². The number of nitrogens with one attached hydrogen (secondary N) is 1. The molecule has 3 rings (SSSR count). The van der Waals surface area contributed by atoms with E-state index in [1.54, 1.807) is 24.3 Å². The summed E-state index contributed by atoms with van der Waals surface area (Å²) in [5, 5.41) is 2.83. The fourth-order valence-corrected chi connectivity index (χ4v) is 5.01. The molecule has 1 aliphatic carbocycles. The predicted molar refractivity (Wildman–Crippen MR) is 99.4 cm³/mol. The first-order valence-electron chi connectivity index (χ1n) is 9.19. The molecule has 1 heterocycles. The molecule has 1 aromatic rings. The van der Waals surface area contributed by atoms with Gasteiger partial charge in [0, 0.05) is 19.1 Å². The molecule has 1 aromatic carbocycles. The van der Waals surface area contributed by atoms with Gasteiger partial charge in [-0.3, -0.25) is 4.79 Å². The van der Waals surface area contributed by atoms with E-state index < -0.39 is 10.0 Å². The number of hydrogen-bond donors (Lipinski definition) is 1. The molecule has 0 atom stereocenters. The Morgan fingerprint density at radius 3 is 2.31 bits per heavy atom. The van der Waals surface area contributed by atoms with E-state index in [4.69, 9.17) is 4.74 Å². The van der Waals surface area contributed by atoms with Gasteiger partial charge in [-0.15, -0.1) is 0 Å². The van der Waals surface area contributed by atoms with Crippen LogP contribution in [0.4, 0.5) is 0 Å². The van der Waals surface area contributed by atoms with Gasteiger partial charge in [0.2, 0.25) is 15.9 Å². The topological polar surface area (TPSA) is 75.7 Å². The summed E-state index contributed by atoms with van der Waals surface area (Å²) >= 11 is 0. The van der Waals surface area contributed by atoms with Crippen molar-refractivity contribution in [2.75, 3.05) is 13.1 Å². The zero-order valence-corrected chi connectivity index (χ0v) is 15.7. The van der Waals surface area contributed by atoms with Crippen molar-refractivity contribution >= 4 is 15.9 Å². The molecule has 6 nitrogen and oxygen atoms in total. The van der Waals surface area contributed by atoms with Crippen molar-refractivity contribution in [1.82, 2.24) is 9.62 Å². The summed E-state index contributed by atoms with van der Waals surface area (Å²) in [5.74, 6) is 0.505. The average molecular weight is 378 g/mol. The third-order valence-electron chi connectivity index (χ3n) is 5.05. The van der Waals surface area contributed by atoms with Gasteiger partial charge in [-0.1, -0.05) is 6.58 Å². The van der Waals surface area contributed by atoms with Gasteiger partial charge in [0.15, 0.2) is 0 Å². The summed E-state index contributed by atoms with van der Waals surface area (Å²) in [6.07, 6.45) is 7.21. The zero-order chi connectivity index (χ0) is 18.6. The Hall–Kier alpha value is -1.86. The van der Waals surface area contributed by atoms with E-state index >= 15 is 0 Å². The number of nitrogens with zero attached hydrogens (tertiary/aromatic N) is 1. The van der Waals surface area contributed by atoms with Crippen LogP contribution in [0.25, 0.3) is 0 Å². The van der Waals surface area contributed by atoms with Crippen LogP contribution < -0.4 is 10.1 Å². The van der Waals surface area contributed by atoms with Crippen LogP contribution in [0.2, 0.25) is 0 Å². The minimum absolute atomic E-state index is 0.00543. The Morgan fingerprint density at radius 1 is 1.12 bits per heavy atom. The SMILES string of the molecule is C=CC(=O)NC1CCN(S(=O)(=O)c2ccc(OC3CCCC3)cc2)CC1. The third-order valence-corrected chi connectivity index (χ3v) is 6.97. The van der Waals surface area contributed by atoms with Crippen molar-refractivity contribution in [1.29, 1.82) is 0 Å². The summed E-state index contributed by atoms with van der Waals surface area (Å²) in [7, 11) is -3.52. The Balaban J connectivity index is 1.59. The molecule has 1 N–H and O–H groups in total. The summed E-state index contributed by atoms with van der Waals surface area (Å²) in [6.45, 7) is 4.22. The fraction of sp³-hybridized carbons (Fsp3) is 0.526. The van der Waals surface area contributed by atoms with Crippen LogP contribution in [0.1, 0.15) is 38.5 Å². The van der Waals surface area contributed by atoms with Crippen molar-refractivity contribution in [3.8, 4) is 5.75 Å². The molecule has 1 saturated carbocycles. The minimum Gasteiger partial charge on any atom is -0.490 e. The van der Waals surface area contributed by atoms with Crippen LogP contribution in [-0.2, 0) is 14.8 Å². The average Bonchev–Trinajstić information content (AvgIpc) is 3.15. The van der Waals surface area contributed by atoms with Gasteiger partial charge in [-0.25, -0.2) is 8.42 Å². The van der Waals surface area contributed by atoms with Crippen LogP contribution in [0, 0.1) is 0 Å². The van der Waals surface area contributed by atoms with E-state index in [1.807, 2.05) is 0 Å². The smallest absolute Gasteiger partial charge is 0.243 e. The van der Waals surface area contributed by atoms with E-state index in [0.29, 0.717) is 25.9 Å². The van der Waals surface area contributed by atoms with E-state index in [1.165, 1.54) is 23.2 Å². The first-order valence-corrected chi connectivity index (χ1v) is 10.6. The summed E-state index contributed by atoms with van der Waals surface area (Å²) < 4.78 is 33.0. The number of carbonyl (C=O) groups is 1. The van der Waals surface area contributed by atoms with Gasteiger partial charge < -0.3 is 10.1 Å². The lowest BCUT2D eigenvalue weighted by atomic mass is 10.1. The maximum Gasteiger partial charge on any atom is 0.243 e. The summed E-state index contributed by atoms with van der Waals surface area (Å²) in [5.41, 5.74) is 0. The fourth-order valence-electron chi connectivity index (χ4n) is 3.54. The summed E-state index contributed by atoms with van der Waals surface area (Å²) in [6, 6.07) is 6.70. The molecule has 2 aliphatic rings. The number of ether oxygens (including phenoxy) is 1. The van der Waals surface area contributed by atoms with Crippen LogP contribution in [0.3, 0.4) is 0 Å². The monoisotopic (exact) mass is 378 g/mol. The molecule has 142 valence electrons. The number of piperidine rings is 1. The normalized spacial score (nSPS) is 20.0. The van der Waals surface area contributed by atoms with Crippen LogP contribution in [0.15, 0.2) is 41.8 Å². The molecule has 7 heteroatoms. The van der Waals surface area contributed by atoms with Gasteiger partial charge in [0.25, 0.3) is 0 Å². The number of rotatable bonds is 6. The van der Waals surface area contributed by atoms with E-state index in [-0.39, 0.29) is 22.9 Å². The molecular formula is C19H26N2O4S. The van der Waals surface area contributed by atoms with Gasteiger partial charge in [-0.05, 0) is 68.9 Å². The number of carbonyl (C=O) groups excluding carboxylic acids is 1. The maximum atomic E-state index is 12.8. The molecule has 0 bridgehead atoms. The number of sulfonamides is 1. The minimum atomic E-state index is -3.52. The number of hydrogen-bond acceptors (Lipinski definition) is 4. The second-order valence-corrected chi connectivity index (χ2v) is 8.82. The second kappa shape index (κ2) is 8.22. The number of amides is 1. The molecule has 1 amide bonds. The van der Waals surface area contributed by atoms with Gasteiger partial charge >= 0.3 is 0 Å². The second-order valence-electron chi connectivity index (χ2n) is 6.89. The zero-order valence-electron chi connectivity index (χ0n) is 14.9. The largest absolute Gasteiger partial charge is 0.490 e. The van der Waals surface area contributed by atoms with Crippen molar-refractivity contribution in [3.63, 3.8) is 0 Å². The molecule has 1 saturated heterocycles. The Labute approximate surface area is 155 Å². The Kier molecular flexibility index (Phi) is 5.98. The Bertz CT molecular complexity index is 731. The summed E-state index contributed by atoms with van der Waals surface area (Å²) in [4.78, 5) is 11.6. The van der Waals surface area contributed by atoms with Crippen molar-refractivity contribution < 1.29 is 17.9 Å². The quantitative estimate of drug-likeness (QED) is 0.772. The first-order chi connectivity index (χ1) is 12.5. The lowest BCUT2D eigenvalue weighted by Gasteiger charge is -2.31. The van der Waals surface area contributed by atoms with Gasteiger partial charge in [0.05, 0.1) is 11.0 Å². The highest BCUT2D eigenvalue weighted by Crippen LogP contribution is 2.26.